The van der Waals surface area contributed by atoms with Gasteiger partial charge in [0.2, 0.25) is 0 Å². The lowest BCUT2D eigenvalue weighted by molar-refractivity contribution is -0.0231. The molecule has 0 aliphatic heterocycles. The highest BCUT2D eigenvalue weighted by Crippen LogP contribution is 2.56. The van der Waals surface area contributed by atoms with Gasteiger partial charge in [0.05, 0.1) is 0 Å². The molecule has 26 heavy (non-hydrogen) atoms. The molecule has 6 atom stereocenters. The second kappa shape index (κ2) is 8.16. The first-order valence-corrected chi connectivity index (χ1v) is 12.9. The van der Waals surface area contributed by atoms with Crippen LogP contribution in [0.1, 0.15) is 116 Å². The Balaban J connectivity index is 1.18. The van der Waals surface area contributed by atoms with E-state index in [0.717, 1.165) is 47.3 Å². The number of rotatable bonds is 2. The average Bonchev–Trinajstić information content (AvgIpc) is 2.74. The van der Waals surface area contributed by atoms with E-state index >= 15 is 0 Å². The topological polar surface area (TPSA) is 0 Å². The van der Waals surface area contributed by atoms with E-state index in [1.807, 2.05) is 0 Å². The SMILES string of the molecule is C1CCC(C2CCC3C(CCC4CC(C5CCCCC5)CCC43)C2)CC1. The molecule has 5 aliphatic carbocycles. The molecule has 0 heteroatoms. The summed E-state index contributed by atoms with van der Waals surface area (Å²) in [5.74, 6) is 9.11. The Bertz CT molecular complexity index is 399. The predicted octanol–water partition coefficient (Wildman–Crippen LogP) is 8.01. The van der Waals surface area contributed by atoms with Gasteiger partial charge in [-0.1, -0.05) is 64.2 Å². The highest BCUT2D eigenvalue weighted by atomic mass is 14.5. The molecule has 0 amide bonds. The third-order valence-electron chi connectivity index (χ3n) is 10.3. The summed E-state index contributed by atoms with van der Waals surface area (Å²) in [5.41, 5.74) is 0. The van der Waals surface area contributed by atoms with Crippen molar-refractivity contribution in [1.82, 2.24) is 0 Å². The van der Waals surface area contributed by atoms with Gasteiger partial charge >= 0.3 is 0 Å². The molecular weight excluding hydrogens is 312 g/mol. The van der Waals surface area contributed by atoms with Crippen molar-refractivity contribution in [2.75, 3.05) is 0 Å². The third-order valence-corrected chi connectivity index (χ3v) is 10.3. The van der Waals surface area contributed by atoms with Crippen LogP contribution in [0, 0.1) is 47.3 Å². The van der Waals surface area contributed by atoms with Crippen LogP contribution in [0.3, 0.4) is 0 Å². The van der Waals surface area contributed by atoms with Crippen molar-refractivity contribution in [3.05, 3.63) is 0 Å². The van der Waals surface area contributed by atoms with E-state index in [2.05, 4.69) is 0 Å². The van der Waals surface area contributed by atoms with Crippen LogP contribution in [0.15, 0.2) is 0 Å². The van der Waals surface area contributed by atoms with Crippen LogP contribution in [-0.2, 0) is 0 Å². The van der Waals surface area contributed by atoms with Gasteiger partial charge in [-0.05, 0) is 98.7 Å². The van der Waals surface area contributed by atoms with Crippen LogP contribution in [-0.4, -0.2) is 0 Å². The maximum atomic E-state index is 1.64. The van der Waals surface area contributed by atoms with E-state index in [9.17, 15) is 0 Å². The van der Waals surface area contributed by atoms with Crippen LogP contribution < -0.4 is 0 Å². The molecular formula is C26H44. The van der Waals surface area contributed by atoms with Crippen molar-refractivity contribution < 1.29 is 0 Å². The maximum Gasteiger partial charge on any atom is -0.0355 e. The third kappa shape index (κ3) is 3.65. The lowest BCUT2D eigenvalue weighted by Crippen LogP contribution is -2.43. The molecule has 148 valence electrons. The summed E-state index contributed by atoms with van der Waals surface area (Å²) in [7, 11) is 0. The van der Waals surface area contributed by atoms with Gasteiger partial charge in [0.25, 0.3) is 0 Å². The Hall–Kier alpha value is 0. The van der Waals surface area contributed by atoms with Crippen LogP contribution in [0.5, 0.6) is 0 Å². The summed E-state index contributed by atoms with van der Waals surface area (Å²) in [4.78, 5) is 0. The Morgan fingerprint density at radius 1 is 0.269 bits per heavy atom. The molecule has 0 heterocycles. The summed E-state index contributed by atoms with van der Waals surface area (Å²) in [5, 5.41) is 0. The quantitative estimate of drug-likeness (QED) is 0.470. The Labute approximate surface area is 163 Å². The number of hydrogen-bond donors (Lipinski definition) is 0. The Morgan fingerprint density at radius 3 is 1.08 bits per heavy atom. The molecule has 5 fully saturated rings. The fourth-order valence-electron chi connectivity index (χ4n) is 8.93. The largest absolute Gasteiger partial charge is 0.0533 e. The zero-order chi connectivity index (χ0) is 17.3. The molecule has 5 saturated carbocycles. The Morgan fingerprint density at radius 2 is 0.654 bits per heavy atom. The first-order valence-electron chi connectivity index (χ1n) is 12.9. The van der Waals surface area contributed by atoms with Crippen molar-refractivity contribution in [2.24, 2.45) is 47.3 Å². The van der Waals surface area contributed by atoms with E-state index in [1.165, 1.54) is 12.8 Å². The first kappa shape index (κ1) is 18.1. The van der Waals surface area contributed by atoms with Crippen LogP contribution in [0.4, 0.5) is 0 Å². The normalized spacial score (nSPS) is 45.7. The maximum absolute atomic E-state index is 1.64. The summed E-state index contributed by atoms with van der Waals surface area (Å²) >= 11 is 0. The Kier molecular flexibility index (Phi) is 5.67. The van der Waals surface area contributed by atoms with Gasteiger partial charge in [-0.15, -0.1) is 0 Å². The summed E-state index contributed by atoms with van der Waals surface area (Å²) in [6.45, 7) is 0. The molecule has 0 saturated heterocycles. The molecule has 5 aliphatic rings. The summed E-state index contributed by atoms with van der Waals surface area (Å²) in [6, 6.07) is 0. The minimum Gasteiger partial charge on any atom is -0.0533 e. The van der Waals surface area contributed by atoms with Crippen LogP contribution >= 0.6 is 0 Å². The van der Waals surface area contributed by atoms with Crippen molar-refractivity contribution >= 4 is 0 Å². The molecule has 0 aromatic rings. The average molecular weight is 357 g/mol. The van der Waals surface area contributed by atoms with E-state index < -0.39 is 0 Å². The van der Waals surface area contributed by atoms with Gasteiger partial charge in [-0.25, -0.2) is 0 Å². The zero-order valence-corrected chi connectivity index (χ0v) is 17.3. The highest BCUT2D eigenvalue weighted by molar-refractivity contribution is 4.96. The van der Waals surface area contributed by atoms with Crippen molar-refractivity contribution in [1.29, 1.82) is 0 Å². The molecule has 0 aromatic heterocycles. The van der Waals surface area contributed by atoms with Crippen molar-refractivity contribution in [3.63, 3.8) is 0 Å². The van der Waals surface area contributed by atoms with Gasteiger partial charge < -0.3 is 0 Å². The molecule has 0 nitrogen and oxygen atoms in total. The second-order valence-electron chi connectivity index (χ2n) is 11.4. The van der Waals surface area contributed by atoms with Crippen LogP contribution in [0.2, 0.25) is 0 Å². The smallest absolute Gasteiger partial charge is 0.0355 e. The fourth-order valence-corrected chi connectivity index (χ4v) is 8.93. The van der Waals surface area contributed by atoms with E-state index in [4.69, 9.17) is 0 Å². The first-order chi connectivity index (χ1) is 12.9. The highest BCUT2D eigenvalue weighted by Gasteiger charge is 2.46. The lowest BCUT2D eigenvalue weighted by atomic mass is 9.53. The molecule has 0 radical (unpaired) electrons. The van der Waals surface area contributed by atoms with E-state index in [0.29, 0.717) is 0 Å². The zero-order valence-electron chi connectivity index (χ0n) is 17.3. The molecule has 0 spiro atoms. The summed E-state index contributed by atoms with van der Waals surface area (Å²) in [6.07, 6.45) is 28.6. The van der Waals surface area contributed by atoms with Crippen molar-refractivity contribution in [3.8, 4) is 0 Å². The molecule has 0 bridgehead atoms. The summed E-state index contributed by atoms with van der Waals surface area (Å²) < 4.78 is 0. The number of fused-ring (bicyclic) bond motifs is 3. The van der Waals surface area contributed by atoms with E-state index in [-0.39, 0.29) is 0 Å². The standard InChI is InChI=1S/C26H44/c1-3-7-19(8-4-1)21-13-15-25-23(17-21)11-12-24-18-22(14-16-26(24)25)20-9-5-2-6-10-20/h19-26H,1-18H2. The van der Waals surface area contributed by atoms with Gasteiger partial charge in [-0.2, -0.15) is 0 Å². The second-order valence-corrected chi connectivity index (χ2v) is 11.4. The van der Waals surface area contributed by atoms with E-state index in [1.54, 1.807) is 103 Å². The van der Waals surface area contributed by atoms with Gasteiger partial charge in [0, 0.05) is 0 Å². The van der Waals surface area contributed by atoms with Gasteiger partial charge in [-0.3, -0.25) is 0 Å². The minimum absolute atomic E-state index is 1.13. The van der Waals surface area contributed by atoms with Crippen LogP contribution in [0.25, 0.3) is 0 Å². The molecule has 0 N–H and O–H groups in total. The molecule has 5 rings (SSSR count). The molecule has 0 aromatic carbocycles. The van der Waals surface area contributed by atoms with Gasteiger partial charge in [0.15, 0.2) is 0 Å². The monoisotopic (exact) mass is 356 g/mol. The predicted molar refractivity (Wildman–Crippen MR) is 111 cm³/mol. The molecule has 6 unspecified atom stereocenters. The lowest BCUT2D eigenvalue weighted by Gasteiger charge is -2.52. The minimum atomic E-state index is 1.13. The number of hydrogen-bond acceptors (Lipinski definition) is 0. The van der Waals surface area contributed by atoms with Gasteiger partial charge in [0.1, 0.15) is 0 Å². The van der Waals surface area contributed by atoms with Crippen molar-refractivity contribution in [2.45, 2.75) is 116 Å². The fraction of sp³-hybridized carbons (Fsp3) is 1.00.